The first-order chi connectivity index (χ1) is 15.7. The molecule has 2 heterocycles. The summed E-state index contributed by atoms with van der Waals surface area (Å²) in [5.41, 5.74) is 2.83. The monoisotopic (exact) mass is 467 g/mol. The summed E-state index contributed by atoms with van der Waals surface area (Å²) in [6, 6.07) is 13.0. The minimum absolute atomic E-state index is 0.0124. The fraction of sp³-hybridized carbons (Fsp3) is 0.136. The Morgan fingerprint density at radius 2 is 1.79 bits per heavy atom. The highest BCUT2D eigenvalue weighted by molar-refractivity contribution is 7.92. The van der Waals surface area contributed by atoms with Crippen LogP contribution in [0.1, 0.15) is 21.6 Å². The zero-order valence-electron chi connectivity index (χ0n) is 17.8. The number of amides is 2. The molecular formula is C22H21N5O5S. The second-order valence-corrected chi connectivity index (χ2v) is 9.01. The van der Waals surface area contributed by atoms with Crippen molar-refractivity contribution < 1.29 is 22.5 Å². The third-order valence-corrected chi connectivity index (χ3v) is 6.42. The topological polar surface area (TPSA) is 146 Å². The molecule has 0 saturated carbocycles. The fourth-order valence-corrected chi connectivity index (χ4v) is 4.18. The van der Waals surface area contributed by atoms with Crippen LogP contribution in [0.25, 0.3) is 10.9 Å². The summed E-state index contributed by atoms with van der Waals surface area (Å²) >= 11 is 0. The molecule has 0 aliphatic rings. The van der Waals surface area contributed by atoms with E-state index in [0.717, 1.165) is 10.9 Å². The average Bonchev–Trinajstić information content (AvgIpc) is 3.36. The molecule has 0 radical (unpaired) electrons. The molecule has 2 aromatic carbocycles. The molecule has 0 saturated heterocycles. The lowest BCUT2D eigenvalue weighted by Gasteiger charge is -2.09. The number of aromatic amines is 1. The lowest BCUT2D eigenvalue weighted by atomic mass is 10.1. The predicted molar refractivity (Wildman–Crippen MR) is 122 cm³/mol. The van der Waals surface area contributed by atoms with Gasteiger partial charge in [0.05, 0.1) is 22.7 Å². The largest absolute Gasteiger partial charge is 0.360 e. The number of aromatic nitrogens is 2. The smallest absolute Gasteiger partial charge is 0.264 e. The minimum atomic E-state index is -3.89. The highest BCUT2D eigenvalue weighted by atomic mass is 32.2. The summed E-state index contributed by atoms with van der Waals surface area (Å²) < 4.78 is 32.4. The first-order valence-corrected chi connectivity index (χ1v) is 11.4. The van der Waals surface area contributed by atoms with Gasteiger partial charge in [-0.15, -0.1) is 0 Å². The third kappa shape index (κ3) is 4.72. The van der Waals surface area contributed by atoms with Crippen molar-refractivity contribution in [1.29, 1.82) is 0 Å². The van der Waals surface area contributed by atoms with Crippen LogP contribution in [-0.2, 0) is 14.8 Å². The number of nitrogens with one attached hydrogen (secondary N) is 4. The van der Waals surface area contributed by atoms with Gasteiger partial charge < -0.3 is 20.1 Å². The van der Waals surface area contributed by atoms with E-state index in [2.05, 4.69) is 25.5 Å². The van der Waals surface area contributed by atoms with Crippen molar-refractivity contribution in [3.63, 3.8) is 0 Å². The number of sulfonamides is 1. The van der Waals surface area contributed by atoms with Crippen LogP contribution in [0.4, 0.5) is 11.6 Å². The molecule has 10 nitrogen and oxygen atoms in total. The molecule has 0 fully saturated rings. The van der Waals surface area contributed by atoms with Crippen LogP contribution in [0.3, 0.4) is 0 Å². The maximum atomic E-state index is 12.5. The SMILES string of the molecule is Cc1noc(NS(=O)(=O)c2ccc(NC(=O)CNC(=O)c3c[nH]c4ccccc34)cc2)c1C. The number of nitrogens with zero attached hydrogens (tertiary/aromatic N) is 1. The number of para-hydroxylation sites is 1. The molecule has 4 N–H and O–H groups in total. The normalized spacial score (nSPS) is 11.3. The van der Waals surface area contributed by atoms with E-state index in [9.17, 15) is 18.0 Å². The number of anilines is 2. The van der Waals surface area contributed by atoms with E-state index in [1.54, 1.807) is 20.0 Å². The number of H-pyrrole nitrogens is 1. The summed E-state index contributed by atoms with van der Waals surface area (Å²) in [6.07, 6.45) is 1.59. The van der Waals surface area contributed by atoms with E-state index in [4.69, 9.17) is 4.52 Å². The molecular weight excluding hydrogens is 446 g/mol. The van der Waals surface area contributed by atoms with E-state index in [0.29, 0.717) is 22.5 Å². The zero-order valence-corrected chi connectivity index (χ0v) is 18.6. The third-order valence-electron chi connectivity index (χ3n) is 5.08. The minimum Gasteiger partial charge on any atom is -0.360 e. The fourth-order valence-electron chi connectivity index (χ4n) is 3.13. The number of aryl methyl sites for hydroxylation is 1. The Morgan fingerprint density at radius 1 is 1.06 bits per heavy atom. The standard InChI is InChI=1S/C22H21N5O5S/c1-13-14(2)26-32-22(13)27-33(30,31)16-9-7-15(8-10-16)25-20(28)12-24-21(29)18-11-23-19-6-4-3-5-17(18)19/h3-11,23,27H,12H2,1-2H3,(H,24,29)(H,25,28). The molecule has 2 amide bonds. The number of hydrogen-bond donors (Lipinski definition) is 4. The molecule has 0 aliphatic carbocycles. The summed E-state index contributed by atoms with van der Waals surface area (Å²) in [7, 11) is -3.89. The van der Waals surface area contributed by atoms with Gasteiger partial charge in [-0.05, 0) is 44.2 Å². The van der Waals surface area contributed by atoms with E-state index in [1.165, 1.54) is 24.3 Å². The van der Waals surface area contributed by atoms with Crippen LogP contribution in [0, 0.1) is 13.8 Å². The van der Waals surface area contributed by atoms with Gasteiger partial charge in [0.25, 0.3) is 15.9 Å². The van der Waals surface area contributed by atoms with Gasteiger partial charge in [0.15, 0.2) is 0 Å². The van der Waals surface area contributed by atoms with Crippen LogP contribution in [0.2, 0.25) is 0 Å². The Labute approximate surface area is 189 Å². The van der Waals surface area contributed by atoms with Gasteiger partial charge in [-0.1, -0.05) is 23.4 Å². The van der Waals surface area contributed by atoms with Gasteiger partial charge >= 0.3 is 0 Å². The van der Waals surface area contributed by atoms with Gasteiger partial charge in [-0.2, -0.15) is 0 Å². The number of carbonyl (C=O) groups excluding carboxylic acids is 2. The molecule has 4 aromatic rings. The summed E-state index contributed by atoms with van der Waals surface area (Å²) in [5.74, 6) is -0.784. The molecule has 0 bridgehead atoms. The number of carbonyl (C=O) groups is 2. The van der Waals surface area contributed by atoms with Gasteiger partial charge in [0, 0.05) is 28.4 Å². The lowest BCUT2D eigenvalue weighted by Crippen LogP contribution is -2.32. The molecule has 0 aliphatic heterocycles. The molecule has 0 unspecified atom stereocenters. The molecule has 0 atom stereocenters. The maximum absolute atomic E-state index is 12.5. The second-order valence-electron chi connectivity index (χ2n) is 7.33. The highest BCUT2D eigenvalue weighted by Crippen LogP contribution is 2.22. The number of fused-ring (bicyclic) bond motifs is 1. The predicted octanol–water partition coefficient (Wildman–Crippen LogP) is 2.94. The van der Waals surface area contributed by atoms with E-state index >= 15 is 0 Å². The van der Waals surface area contributed by atoms with Crippen LogP contribution in [-0.4, -0.2) is 36.9 Å². The van der Waals surface area contributed by atoms with Gasteiger partial charge in [0.1, 0.15) is 0 Å². The van der Waals surface area contributed by atoms with Crippen molar-refractivity contribution in [2.75, 3.05) is 16.6 Å². The number of hydrogen-bond acceptors (Lipinski definition) is 6. The quantitative estimate of drug-likeness (QED) is 0.329. The summed E-state index contributed by atoms with van der Waals surface area (Å²) in [6.45, 7) is 3.15. The Kier molecular flexibility index (Phi) is 5.88. The Morgan fingerprint density at radius 3 is 2.48 bits per heavy atom. The molecule has 2 aromatic heterocycles. The summed E-state index contributed by atoms with van der Waals surface area (Å²) in [4.78, 5) is 27.6. The first kappa shape index (κ1) is 22.1. The van der Waals surface area contributed by atoms with Crippen molar-refractivity contribution in [3.8, 4) is 0 Å². The summed E-state index contributed by atoms with van der Waals surface area (Å²) in [5, 5.41) is 9.67. The van der Waals surface area contributed by atoms with Gasteiger partial charge in [0.2, 0.25) is 11.8 Å². The van der Waals surface area contributed by atoms with Crippen molar-refractivity contribution in [2.24, 2.45) is 0 Å². The second kappa shape index (κ2) is 8.79. The highest BCUT2D eigenvalue weighted by Gasteiger charge is 2.19. The molecule has 0 spiro atoms. The van der Waals surface area contributed by atoms with Crippen molar-refractivity contribution >= 4 is 44.3 Å². The first-order valence-electron chi connectivity index (χ1n) is 9.94. The lowest BCUT2D eigenvalue weighted by molar-refractivity contribution is -0.115. The molecule has 4 rings (SSSR count). The van der Waals surface area contributed by atoms with Crippen LogP contribution in [0.15, 0.2) is 64.1 Å². The van der Waals surface area contributed by atoms with Gasteiger partial charge in [-0.3, -0.25) is 9.59 Å². The van der Waals surface area contributed by atoms with Crippen molar-refractivity contribution in [2.45, 2.75) is 18.7 Å². The van der Waals surface area contributed by atoms with Crippen LogP contribution >= 0.6 is 0 Å². The van der Waals surface area contributed by atoms with Crippen LogP contribution in [0.5, 0.6) is 0 Å². The average molecular weight is 468 g/mol. The van der Waals surface area contributed by atoms with E-state index in [1.807, 2.05) is 24.3 Å². The van der Waals surface area contributed by atoms with Crippen molar-refractivity contribution in [1.82, 2.24) is 15.5 Å². The Hall–Kier alpha value is -4.12. The van der Waals surface area contributed by atoms with Crippen LogP contribution < -0.4 is 15.4 Å². The number of benzene rings is 2. The molecule has 11 heteroatoms. The number of rotatable bonds is 7. The van der Waals surface area contributed by atoms with Gasteiger partial charge in [-0.25, -0.2) is 13.1 Å². The molecule has 33 heavy (non-hydrogen) atoms. The van der Waals surface area contributed by atoms with E-state index in [-0.39, 0.29) is 23.2 Å². The Balaban J connectivity index is 1.35. The molecule has 170 valence electrons. The zero-order chi connectivity index (χ0) is 23.6. The maximum Gasteiger partial charge on any atom is 0.264 e. The Bertz CT molecular complexity index is 1440. The van der Waals surface area contributed by atoms with Crippen molar-refractivity contribution in [3.05, 3.63) is 71.5 Å². The van der Waals surface area contributed by atoms with E-state index < -0.39 is 15.9 Å².